The third kappa shape index (κ3) is 5.34. The molecule has 0 aliphatic carbocycles. The van der Waals surface area contributed by atoms with Gasteiger partial charge in [0.15, 0.2) is 0 Å². The zero-order chi connectivity index (χ0) is 22.4. The van der Waals surface area contributed by atoms with Crippen LogP contribution in [0.15, 0.2) is 83.8 Å². The van der Waals surface area contributed by atoms with Crippen molar-refractivity contribution in [1.82, 2.24) is 9.62 Å². The predicted octanol–water partition coefficient (Wildman–Crippen LogP) is 3.43. The average molecular weight is 453 g/mol. The van der Waals surface area contributed by atoms with Crippen molar-refractivity contribution in [2.24, 2.45) is 0 Å². The van der Waals surface area contributed by atoms with Crippen molar-refractivity contribution < 1.29 is 22.7 Å². The number of carbonyl (C=O) groups is 1. The Morgan fingerprint density at radius 3 is 2.31 bits per heavy atom. The Bertz CT molecular complexity index is 1160. The molecule has 166 valence electrons. The maximum absolute atomic E-state index is 12.7. The molecular formula is C24H24N2O5S. The first-order chi connectivity index (χ1) is 15.5. The average Bonchev–Trinajstić information content (AvgIpc) is 2.84. The van der Waals surface area contributed by atoms with Gasteiger partial charge in [-0.3, -0.25) is 4.79 Å². The molecule has 0 bridgehead atoms. The van der Waals surface area contributed by atoms with E-state index in [0.29, 0.717) is 43.4 Å². The van der Waals surface area contributed by atoms with Crippen LogP contribution in [0, 0.1) is 0 Å². The molecule has 0 saturated carbocycles. The minimum Gasteiger partial charge on any atom is -0.457 e. The number of ether oxygens (including phenoxy) is 2. The van der Waals surface area contributed by atoms with Crippen LogP contribution in [0.5, 0.6) is 11.5 Å². The number of sulfonamides is 1. The smallest absolute Gasteiger partial charge is 0.251 e. The fourth-order valence-corrected chi connectivity index (χ4v) is 4.73. The quantitative estimate of drug-likeness (QED) is 0.594. The van der Waals surface area contributed by atoms with E-state index in [2.05, 4.69) is 5.32 Å². The molecule has 0 spiro atoms. The highest BCUT2D eigenvalue weighted by Gasteiger charge is 2.26. The third-order valence-corrected chi connectivity index (χ3v) is 6.97. The largest absolute Gasteiger partial charge is 0.457 e. The Morgan fingerprint density at radius 1 is 0.906 bits per heavy atom. The van der Waals surface area contributed by atoms with Gasteiger partial charge >= 0.3 is 0 Å². The van der Waals surface area contributed by atoms with E-state index in [-0.39, 0.29) is 17.3 Å². The van der Waals surface area contributed by atoms with Gasteiger partial charge in [0.25, 0.3) is 5.91 Å². The minimum atomic E-state index is -3.53. The van der Waals surface area contributed by atoms with Crippen molar-refractivity contribution in [3.63, 3.8) is 0 Å². The van der Waals surface area contributed by atoms with Crippen molar-refractivity contribution in [3.8, 4) is 11.5 Å². The number of amides is 1. The maximum Gasteiger partial charge on any atom is 0.251 e. The van der Waals surface area contributed by atoms with Gasteiger partial charge in [-0.25, -0.2) is 8.42 Å². The van der Waals surface area contributed by atoms with Crippen LogP contribution in [0.2, 0.25) is 0 Å². The van der Waals surface area contributed by atoms with E-state index in [1.54, 1.807) is 48.5 Å². The van der Waals surface area contributed by atoms with Gasteiger partial charge in [-0.05, 0) is 48.0 Å². The summed E-state index contributed by atoms with van der Waals surface area (Å²) in [6, 6.07) is 22.9. The summed E-state index contributed by atoms with van der Waals surface area (Å²) in [6.07, 6.45) is 0. The van der Waals surface area contributed by atoms with Crippen molar-refractivity contribution >= 4 is 15.9 Å². The summed E-state index contributed by atoms with van der Waals surface area (Å²) in [6.45, 7) is 1.79. The van der Waals surface area contributed by atoms with Crippen molar-refractivity contribution in [2.45, 2.75) is 11.4 Å². The number of morpholine rings is 1. The van der Waals surface area contributed by atoms with E-state index in [1.165, 1.54) is 4.31 Å². The van der Waals surface area contributed by atoms with Gasteiger partial charge in [0.2, 0.25) is 10.0 Å². The van der Waals surface area contributed by atoms with Gasteiger partial charge in [0.05, 0.1) is 18.1 Å². The molecule has 0 radical (unpaired) electrons. The zero-order valence-corrected chi connectivity index (χ0v) is 18.3. The molecule has 4 rings (SSSR count). The lowest BCUT2D eigenvalue weighted by Gasteiger charge is -2.26. The van der Waals surface area contributed by atoms with E-state index in [9.17, 15) is 13.2 Å². The second kappa shape index (κ2) is 9.95. The number of hydrogen-bond acceptors (Lipinski definition) is 5. The molecule has 3 aromatic rings. The van der Waals surface area contributed by atoms with Crippen LogP contribution in [-0.4, -0.2) is 44.9 Å². The van der Waals surface area contributed by atoms with E-state index < -0.39 is 10.0 Å². The van der Waals surface area contributed by atoms with E-state index in [0.717, 1.165) is 5.56 Å². The molecule has 32 heavy (non-hydrogen) atoms. The number of benzene rings is 3. The molecule has 0 aromatic heterocycles. The van der Waals surface area contributed by atoms with Crippen LogP contribution >= 0.6 is 0 Å². The summed E-state index contributed by atoms with van der Waals surface area (Å²) in [5.74, 6) is 1.02. The van der Waals surface area contributed by atoms with Crippen LogP contribution < -0.4 is 10.1 Å². The minimum absolute atomic E-state index is 0.236. The number of carbonyl (C=O) groups excluding carboxylic acids is 1. The lowest BCUT2D eigenvalue weighted by Crippen LogP contribution is -2.40. The van der Waals surface area contributed by atoms with Crippen LogP contribution in [0.3, 0.4) is 0 Å². The van der Waals surface area contributed by atoms with Gasteiger partial charge in [-0.2, -0.15) is 4.31 Å². The van der Waals surface area contributed by atoms with Gasteiger partial charge in [0, 0.05) is 25.2 Å². The van der Waals surface area contributed by atoms with Crippen molar-refractivity contribution in [3.05, 3.63) is 90.0 Å². The van der Waals surface area contributed by atoms with Gasteiger partial charge in [-0.15, -0.1) is 0 Å². The van der Waals surface area contributed by atoms with Crippen LogP contribution in [-0.2, 0) is 21.3 Å². The van der Waals surface area contributed by atoms with Crippen molar-refractivity contribution in [2.75, 3.05) is 26.3 Å². The standard InChI is InChI=1S/C24H24N2O5S/c27-24(20-5-4-8-22(17-20)31-21-6-2-1-3-7-21)25-18-19-9-11-23(12-10-19)32(28,29)26-13-15-30-16-14-26/h1-12,17H,13-16,18H2,(H,25,27). The summed E-state index contributed by atoms with van der Waals surface area (Å²) >= 11 is 0. The van der Waals surface area contributed by atoms with Crippen LogP contribution in [0.25, 0.3) is 0 Å². The molecule has 3 aromatic carbocycles. The van der Waals surface area contributed by atoms with E-state index in [4.69, 9.17) is 9.47 Å². The first-order valence-corrected chi connectivity index (χ1v) is 11.7. The fraction of sp³-hybridized carbons (Fsp3) is 0.208. The topological polar surface area (TPSA) is 84.9 Å². The summed E-state index contributed by atoms with van der Waals surface area (Å²) in [5, 5.41) is 2.86. The Hall–Kier alpha value is -3.20. The lowest BCUT2D eigenvalue weighted by atomic mass is 10.2. The number of rotatable bonds is 7. The van der Waals surface area contributed by atoms with Gasteiger partial charge in [-0.1, -0.05) is 36.4 Å². The van der Waals surface area contributed by atoms with Gasteiger partial charge in [0.1, 0.15) is 11.5 Å². The molecule has 8 heteroatoms. The Balaban J connectivity index is 1.36. The Morgan fingerprint density at radius 2 is 1.59 bits per heavy atom. The summed E-state index contributed by atoms with van der Waals surface area (Å²) < 4.78 is 37.8. The molecular weight excluding hydrogens is 428 g/mol. The highest BCUT2D eigenvalue weighted by atomic mass is 32.2. The van der Waals surface area contributed by atoms with Crippen LogP contribution in [0.1, 0.15) is 15.9 Å². The predicted molar refractivity (Wildman–Crippen MR) is 120 cm³/mol. The van der Waals surface area contributed by atoms with E-state index >= 15 is 0 Å². The number of nitrogens with zero attached hydrogens (tertiary/aromatic N) is 1. The molecule has 1 aliphatic heterocycles. The first-order valence-electron chi connectivity index (χ1n) is 10.3. The normalized spacial score (nSPS) is 14.6. The molecule has 1 heterocycles. The summed E-state index contributed by atoms with van der Waals surface area (Å²) in [5.41, 5.74) is 1.28. The highest BCUT2D eigenvalue weighted by molar-refractivity contribution is 7.89. The fourth-order valence-electron chi connectivity index (χ4n) is 3.33. The maximum atomic E-state index is 12.7. The first kappa shape index (κ1) is 22.0. The molecule has 1 aliphatic rings. The highest BCUT2D eigenvalue weighted by Crippen LogP contribution is 2.22. The summed E-state index contributed by atoms with van der Waals surface area (Å²) in [4.78, 5) is 12.8. The molecule has 7 nitrogen and oxygen atoms in total. The van der Waals surface area contributed by atoms with Crippen LogP contribution in [0.4, 0.5) is 0 Å². The lowest BCUT2D eigenvalue weighted by molar-refractivity contribution is 0.0730. The Labute approximate surface area is 187 Å². The Kier molecular flexibility index (Phi) is 6.84. The third-order valence-electron chi connectivity index (χ3n) is 5.06. The second-order valence-corrected chi connectivity index (χ2v) is 9.22. The van der Waals surface area contributed by atoms with Crippen molar-refractivity contribution in [1.29, 1.82) is 0 Å². The van der Waals surface area contributed by atoms with E-state index in [1.807, 2.05) is 30.3 Å². The number of nitrogens with one attached hydrogen (secondary N) is 1. The molecule has 1 fully saturated rings. The molecule has 1 amide bonds. The second-order valence-electron chi connectivity index (χ2n) is 7.29. The molecule has 1 N–H and O–H groups in total. The van der Waals surface area contributed by atoms with Gasteiger partial charge < -0.3 is 14.8 Å². The summed E-state index contributed by atoms with van der Waals surface area (Å²) in [7, 11) is -3.53. The monoisotopic (exact) mass is 452 g/mol. The number of para-hydroxylation sites is 1. The molecule has 0 unspecified atom stereocenters. The zero-order valence-electron chi connectivity index (χ0n) is 17.4. The SMILES string of the molecule is O=C(NCc1ccc(S(=O)(=O)N2CCOCC2)cc1)c1cccc(Oc2ccccc2)c1. The molecule has 1 saturated heterocycles. The number of hydrogen-bond donors (Lipinski definition) is 1. The molecule has 0 atom stereocenters.